The van der Waals surface area contributed by atoms with Gasteiger partial charge in [-0.2, -0.15) is 0 Å². The second-order valence-electron chi connectivity index (χ2n) is 15.6. The maximum absolute atomic E-state index is 14.9. The molecule has 9 heteroatoms. The van der Waals surface area contributed by atoms with Crippen molar-refractivity contribution >= 4 is 5.78 Å². The van der Waals surface area contributed by atoms with Gasteiger partial charge in [-0.05, 0) is 67.4 Å². The van der Waals surface area contributed by atoms with Gasteiger partial charge in [-0.15, -0.1) is 13.2 Å². The van der Waals surface area contributed by atoms with Gasteiger partial charge in [0, 0.05) is 35.7 Å². The van der Waals surface area contributed by atoms with E-state index in [1.807, 2.05) is 24.3 Å². The Morgan fingerprint density at radius 1 is 0.935 bits per heavy atom. The molecule has 2 aromatic rings. The molecule has 1 saturated heterocycles. The molecule has 2 aromatic carbocycles. The molecular formula is C37H36N2O7. The molecule has 11 rings (SSSR count). The molecule has 4 bridgehead atoms. The number of hydrogen-bond donors (Lipinski definition) is 5. The Bertz CT molecular complexity index is 1940. The molecule has 0 radical (unpaired) electrons. The zero-order valence-corrected chi connectivity index (χ0v) is 25.4. The highest BCUT2D eigenvalue weighted by Crippen LogP contribution is 2.79. The van der Waals surface area contributed by atoms with Crippen molar-refractivity contribution in [2.24, 2.45) is 5.92 Å². The van der Waals surface area contributed by atoms with Gasteiger partial charge in [-0.3, -0.25) is 9.69 Å². The van der Waals surface area contributed by atoms with Gasteiger partial charge in [0.05, 0.1) is 28.0 Å². The molecule has 6 aliphatic carbocycles. The van der Waals surface area contributed by atoms with Crippen molar-refractivity contribution in [1.29, 1.82) is 0 Å². The van der Waals surface area contributed by atoms with Gasteiger partial charge < -0.3 is 35.2 Å². The van der Waals surface area contributed by atoms with Crippen LogP contribution in [0.15, 0.2) is 61.2 Å². The molecule has 236 valence electrons. The molecule has 3 heterocycles. The average molecular weight is 621 g/mol. The molecule has 7 unspecified atom stereocenters. The second-order valence-corrected chi connectivity index (χ2v) is 15.6. The van der Waals surface area contributed by atoms with Crippen LogP contribution in [0.5, 0.6) is 23.0 Å². The lowest BCUT2D eigenvalue weighted by atomic mass is 9.34. The van der Waals surface area contributed by atoms with Crippen molar-refractivity contribution in [2.45, 2.75) is 89.9 Å². The lowest BCUT2D eigenvalue weighted by molar-refractivity contribution is -0.228. The first-order chi connectivity index (χ1) is 22.1. The fourth-order valence-electron chi connectivity index (χ4n) is 13.0. The van der Waals surface area contributed by atoms with E-state index in [1.165, 1.54) is 0 Å². The van der Waals surface area contributed by atoms with Crippen LogP contribution in [-0.4, -0.2) is 84.7 Å². The van der Waals surface area contributed by atoms with Gasteiger partial charge in [0.1, 0.15) is 11.7 Å². The maximum Gasteiger partial charge on any atom is 0.181 e. The van der Waals surface area contributed by atoms with Crippen LogP contribution in [0.3, 0.4) is 0 Å². The molecule has 9 aliphatic rings. The van der Waals surface area contributed by atoms with E-state index in [0.717, 1.165) is 34.2 Å². The van der Waals surface area contributed by atoms with Crippen LogP contribution in [0, 0.1) is 5.92 Å². The number of piperidine rings is 1. The number of carbonyl (C=O) groups excluding carboxylic acids is 1. The minimum absolute atomic E-state index is 0.00727. The Balaban J connectivity index is 1.08. The van der Waals surface area contributed by atoms with Crippen molar-refractivity contribution in [3.63, 3.8) is 0 Å². The predicted octanol–water partition coefficient (Wildman–Crippen LogP) is 2.22. The summed E-state index contributed by atoms with van der Waals surface area (Å²) in [6.07, 6.45) is 6.98. The van der Waals surface area contributed by atoms with Crippen molar-refractivity contribution in [3.8, 4) is 23.0 Å². The highest BCUT2D eigenvalue weighted by atomic mass is 16.5. The van der Waals surface area contributed by atoms with Crippen molar-refractivity contribution < 1.29 is 34.7 Å². The van der Waals surface area contributed by atoms with Crippen LogP contribution >= 0.6 is 0 Å². The largest absolute Gasteiger partial charge is 0.504 e. The monoisotopic (exact) mass is 620 g/mol. The van der Waals surface area contributed by atoms with Crippen LogP contribution in [0.4, 0.5) is 0 Å². The van der Waals surface area contributed by atoms with Gasteiger partial charge in [0.2, 0.25) is 0 Å². The molecule has 3 saturated carbocycles. The average Bonchev–Trinajstić information content (AvgIpc) is 3.30. The Labute approximate surface area is 265 Å². The molecule has 5 N–H and O–H groups in total. The molecule has 11 atom stereocenters. The number of hydrogen-bond acceptors (Lipinski definition) is 9. The number of phenolic OH excluding ortho intramolecular Hbond substituents is 2. The fraction of sp³-hybridized carbons (Fsp3) is 0.486. The van der Waals surface area contributed by atoms with Gasteiger partial charge in [0.15, 0.2) is 34.9 Å². The Morgan fingerprint density at radius 3 is 2.35 bits per heavy atom. The third-order valence-corrected chi connectivity index (χ3v) is 14.3. The minimum Gasteiger partial charge on any atom is -0.504 e. The summed E-state index contributed by atoms with van der Waals surface area (Å²) in [5.41, 5.74) is -0.774. The van der Waals surface area contributed by atoms with Crippen LogP contribution in [0.2, 0.25) is 0 Å². The highest BCUT2D eigenvalue weighted by Gasteiger charge is 2.90. The molecule has 0 amide bonds. The van der Waals surface area contributed by atoms with E-state index in [1.54, 1.807) is 18.2 Å². The van der Waals surface area contributed by atoms with E-state index in [9.17, 15) is 25.2 Å². The number of fused-ring (bicyclic) bond motifs is 3. The van der Waals surface area contributed by atoms with E-state index in [2.05, 4.69) is 23.4 Å². The van der Waals surface area contributed by atoms with E-state index >= 15 is 0 Å². The smallest absolute Gasteiger partial charge is 0.181 e. The number of ether oxygens (including phenoxy) is 2. The van der Waals surface area contributed by atoms with E-state index in [0.29, 0.717) is 50.3 Å². The first-order valence-electron chi connectivity index (χ1n) is 16.5. The Kier molecular flexibility index (Phi) is 4.26. The second kappa shape index (κ2) is 7.41. The number of likely N-dealkylation sites (tertiary alicyclic amines) is 1. The SMILES string of the molecule is C=CCNC12Cc3ccc(O)c4c3[C@@]3(C1)C(O4)C(C1C[C@@]4(O)C5N(CC=C)C56Cc5ccc(O)c7c5[C@@]4(C6)C(O7)C1=O)=CC[C@@]23O. The summed E-state index contributed by atoms with van der Waals surface area (Å²) in [4.78, 5) is 17.3. The number of nitrogens with zero attached hydrogens (tertiary/aromatic N) is 1. The summed E-state index contributed by atoms with van der Waals surface area (Å²) < 4.78 is 13.2. The zero-order chi connectivity index (χ0) is 31.4. The number of aliphatic hydroxyl groups is 2. The number of aromatic hydroxyl groups is 2. The minimum atomic E-state index is -1.31. The summed E-state index contributed by atoms with van der Waals surface area (Å²) in [5.74, 6) is -0.119. The third kappa shape index (κ3) is 2.26. The number of rotatable bonds is 6. The van der Waals surface area contributed by atoms with Gasteiger partial charge >= 0.3 is 0 Å². The topological polar surface area (TPSA) is 131 Å². The van der Waals surface area contributed by atoms with E-state index in [-0.39, 0.29) is 35.3 Å². The summed E-state index contributed by atoms with van der Waals surface area (Å²) in [6, 6.07) is 6.96. The number of nitrogens with one attached hydrogen (secondary N) is 1. The van der Waals surface area contributed by atoms with Crippen molar-refractivity contribution in [3.05, 3.63) is 83.5 Å². The summed E-state index contributed by atoms with van der Waals surface area (Å²) >= 11 is 0. The predicted molar refractivity (Wildman–Crippen MR) is 165 cm³/mol. The highest BCUT2D eigenvalue weighted by molar-refractivity contribution is 5.95. The number of carbonyl (C=O) groups is 1. The third-order valence-electron chi connectivity index (χ3n) is 14.3. The quantitative estimate of drug-likeness (QED) is 0.244. The Hall–Kier alpha value is -3.63. The van der Waals surface area contributed by atoms with Gasteiger partial charge in [-0.1, -0.05) is 30.4 Å². The van der Waals surface area contributed by atoms with Gasteiger partial charge in [-0.25, -0.2) is 0 Å². The summed E-state index contributed by atoms with van der Waals surface area (Å²) in [5, 5.41) is 51.5. The van der Waals surface area contributed by atoms with Crippen LogP contribution < -0.4 is 14.8 Å². The van der Waals surface area contributed by atoms with E-state index in [4.69, 9.17) is 9.47 Å². The van der Waals surface area contributed by atoms with E-state index < -0.39 is 45.7 Å². The number of phenols is 2. The zero-order valence-electron chi connectivity index (χ0n) is 25.4. The summed E-state index contributed by atoms with van der Waals surface area (Å²) in [7, 11) is 0. The van der Waals surface area contributed by atoms with Crippen molar-refractivity contribution in [2.75, 3.05) is 13.1 Å². The van der Waals surface area contributed by atoms with Gasteiger partial charge in [0.25, 0.3) is 0 Å². The molecule has 0 aromatic heterocycles. The number of ketones is 1. The lowest BCUT2D eigenvalue weighted by Crippen LogP contribution is -2.88. The molecule has 3 spiro atoms. The lowest BCUT2D eigenvalue weighted by Gasteiger charge is -2.73. The maximum atomic E-state index is 14.9. The molecular weight excluding hydrogens is 584 g/mol. The normalized spacial score (nSPS) is 47.8. The van der Waals surface area contributed by atoms with Crippen LogP contribution in [-0.2, 0) is 28.5 Å². The van der Waals surface area contributed by atoms with Crippen LogP contribution in [0.1, 0.15) is 47.9 Å². The standard InChI is InChI=1S/C37H36N2O7/c1-3-11-38-33-14-19-6-8-23(41)28-25(19)35(17-33)29(45-28)20(9-10-37(33,35)44)21-15-36(43)31-32(39(31)12-4-2)13-18-5-7-22(40)27-24(18)34(36,16-32)30(46-27)26(21)42/h3-9,21,29-31,38,40-41,43-44H,1-2,10-17H2/t21?,29?,30?,31?,32?,33?,34-,35-,36+,37+,39?/m0/s1. The molecule has 3 aliphatic heterocycles. The molecule has 9 nitrogen and oxygen atoms in total. The first kappa shape index (κ1) is 26.4. The van der Waals surface area contributed by atoms with Crippen LogP contribution in [0.25, 0.3) is 0 Å². The Morgan fingerprint density at radius 2 is 1.63 bits per heavy atom. The number of Topliss-reactive ketones (excluding diaryl/α,β-unsaturated/α-hetero) is 1. The fourth-order valence-corrected chi connectivity index (χ4v) is 13.0. The molecule has 46 heavy (non-hydrogen) atoms. The first-order valence-corrected chi connectivity index (χ1v) is 16.5. The van der Waals surface area contributed by atoms with Crippen molar-refractivity contribution in [1.82, 2.24) is 10.2 Å². The summed E-state index contributed by atoms with van der Waals surface area (Å²) in [6.45, 7) is 9.04. The number of benzene rings is 2. The molecule has 4 fully saturated rings.